The molecule has 0 aliphatic rings. The van der Waals surface area contributed by atoms with Gasteiger partial charge in [0.25, 0.3) is 0 Å². The van der Waals surface area contributed by atoms with E-state index in [-0.39, 0.29) is 22.8 Å². The highest BCUT2D eigenvalue weighted by atomic mass is 32.2. The lowest BCUT2D eigenvalue weighted by atomic mass is 10.0. The molecule has 2 rings (SSSR count). The van der Waals surface area contributed by atoms with E-state index in [1.54, 1.807) is 30.5 Å². The fourth-order valence-corrected chi connectivity index (χ4v) is 3.33. The van der Waals surface area contributed by atoms with Crippen LogP contribution in [0.4, 0.5) is 13.2 Å². The van der Waals surface area contributed by atoms with Gasteiger partial charge in [-0.3, -0.25) is 14.9 Å². The second kappa shape index (κ2) is 10.9. The molecule has 2 amide bonds. The molecule has 0 saturated heterocycles. The minimum atomic E-state index is -4.71. The van der Waals surface area contributed by atoms with Crippen LogP contribution in [0.3, 0.4) is 0 Å². The third-order valence-electron chi connectivity index (χ3n) is 4.31. The van der Waals surface area contributed by atoms with E-state index in [0.29, 0.717) is 25.2 Å². The van der Waals surface area contributed by atoms with Crippen LogP contribution in [0.5, 0.6) is 11.5 Å². The number of carbonyl (C=O) groups excluding carboxylic acids is 2. The molecular weight excluding hydrogens is 419 g/mol. The summed E-state index contributed by atoms with van der Waals surface area (Å²) >= 11 is 1.36. The second-order valence-electron chi connectivity index (χ2n) is 6.53. The minimum absolute atomic E-state index is 0.0440. The lowest BCUT2D eigenvalue weighted by Crippen LogP contribution is -2.32. The van der Waals surface area contributed by atoms with Gasteiger partial charge in [0.2, 0.25) is 12.3 Å². The molecule has 5 nitrogen and oxygen atoms in total. The highest BCUT2D eigenvalue weighted by Crippen LogP contribution is 2.25. The monoisotopic (exact) mass is 441 g/mol. The summed E-state index contributed by atoms with van der Waals surface area (Å²) in [6.45, 7) is 2.25. The molecule has 9 heteroatoms. The van der Waals surface area contributed by atoms with Crippen LogP contribution in [0.2, 0.25) is 0 Å². The Hall–Kier alpha value is -2.68. The summed E-state index contributed by atoms with van der Waals surface area (Å²) in [4.78, 5) is 22.2. The number of amides is 2. The Morgan fingerprint density at radius 3 is 2.23 bits per heavy atom. The van der Waals surface area contributed by atoms with E-state index in [1.165, 1.54) is 23.9 Å². The number of hydrogen-bond donors (Lipinski definition) is 1. The van der Waals surface area contributed by atoms with Crippen LogP contribution < -0.4 is 14.8 Å². The van der Waals surface area contributed by atoms with E-state index < -0.39 is 6.36 Å². The van der Waals surface area contributed by atoms with Gasteiger partial charge < -0.3 is 9.47 Å². The van der Waals surface area contributed by atoms with Gasteiger partial charge in [-0.15, -0.1) is 13.2 Å². The maximum absolute atomic E-state index is 12.2. The molecule has 30 heavy (non-hydrogen) atoms. The van der Waals surface area contributed by atoms with Gasteiger partial charge in [0.05, 0.1) is 11.9 Å². The van der Waals surface area contributed by atoms with Crippen molar-refractivity contribution in [3.8, 4) is 11.5 Å². The summed E-state index contributed by atoms with van der Waals surface area (Å²) in [7, 11) is 0. The number of nitrogens with one attached hydrogen (secondary N) is 1. The van der Waals surface area contributed by atoms with Crippen molar-refractivity contribution in [1.82, 2.24) is 5.32 Å². The van der Waals surface area contributed by atoms with E-state index in [0.717, 1.165) is 11.1 Å². The maximum Gasteiger partial charge on any atom is 0.573 e. The summed E-state index contributed by atoms with van der Waals surface area (Å²) in [5, 5.41) is 1.79. The zero-order valence-electron chi connectivity index (χ0n) is 16.4. The van der Waals surface area contributed by atoms with E-state index in [2.05, 4.69) is 10.1 Å². The standard InChI is InChI=1S/C21H22F3NO4S/c1-14(16-5-9-18(10-6-16)29-21(22,23)24)12-28-17-7-3-15(4-8-17)11-19(30-2)20(27)25-13-26/h3-10,13-14,19H,11-12H2,1-2H3,(H,25,26,27). The molecule has 0 spiro atoms. The SMILES string of the molecule is CSC(Cc1ccc(OCC(C)c2ccc(OC(F)(F)F)cc2)cc1)C(=O)NC=O. The second-order valence-corrected chi connectivity index (χ2v) is 7.57. The molecule has 162 valence electrons. The first-order chi connectivity index (χ1) is 14.2. The Bertz CT molecular complexity index is 826. The average Bonchev–Trinajstić information content (AvgIpc) is 2.70. The van der Waals surface area contributed by atoms with Crippen molar-refractivity contribution < 1.29 is 32.2 Å². The molecule has 0 saturated carbocycles. The molecule has 0 fully saturated rings. The number of hydrogen-bond acceptors (Lipinski definition) is 5. The number of imide groups is 1. The zero-order chi connectivity index (χ0) is 22.1. The van der Waals surface area contributed by atoms with E-state index in [4.69, 9.17) is 4.74 Å². The average molecular weight is 441 g/mol. The van der Waals surface area contributed by atoms with Crippen molar-refractivity contribution in [2.24, 2.45) is 0 Å². The van der Waals surface area contributed by atoms with Crippen LogP contribution in [-0.2, 0) is 16.0 Å². The van der Waals surface area contributed by atoms with Gasteiger partial charge in [-0.05, 0) is 48.1 Å². The van der Waals surface area contributed by atoms with Gasteiger partial charge >= 0.3 is 6.36 Å². The lowest BCUT2D eigenvalue weighted by molar-refractivity contribution is -0.274. The molecule has 2 unspecified atom stereocenters. The number of carbonyl (C=O) groups is 2. The molecule has 0 aliphatic heterocycles. The van der Waals surface area contributed by atoms with Gasteiger partial charge in [-0.1, -0.05) is 31.2 Å². The predicted molar refractivity (Wildman–Crippen MR) is 109 cm³/mol. The number of halogens is 3. The predicted octanol–water partition coefficient (Wildman–Crippen LogP) is 4.31. The van der Waals surface area contributed by atoms with Gasteiger partial charge in [0, 0.05) is 5.92 Å². The van der Waals surface area contributed by atoms with Crippen molar-refractivity contribution >= 4 is 24.1 Å². The Labute approximate surface area is 176 Å². The lowest BCUT2D eigenvalue weighted by Gasteiger charge is -2.16. The highest BCUT2D eigenvalue weighted by Gasteiger charge is 2.31. The number of benzene rings is 2. The van der Waals surface area contributed by atoms with Crippen LogP contribution in [0, 0.1) is 0 Å². The third kappa shape index (κ3) is 7.62. The summed E-state index contributed by atoms with van der Waals surface area (Å²) < 4.78 is 46.3. The number of alkyl halides is 3. The number of ether oxygens (including phenoxy) is 2. The summed E-state index contributed by atoms with van der Waals surface area (Å²) in [5.74, 6) is -0.00294. The quantitative estimate of drug-likeness (QED) is 0.557. The van der Waals surface area contributed by atoms with Crippen LogP contribution in [0.15, 0.2) is 48.5 Å². The minimum Gasteiger partial charge on any atom is -0.493 e. The summed E-state index contributed by atoms with van der Waals surface area (Å²) in [6, 6.07) is 13.0. The van der Waals surface area contributed by atoms with Crippen LogP contribution >= 0.6 is 11.8 Å². The molecule has 2 atom stereocenters. The fourth-order valence-electron chi connectivity index (χ4n) is 2.69. The Kier molecular flexibility index (Phi) is 8.58. The summed E-state index contributed by atoms with van der Waals surface area (Å²) in [6.07, 6.45) is -2.06. The molecule has 2 aromatic carbocycles. The van der Waals surface area contributed by atoms with Crippen molar-refractivity contribution in [2.45, 2.75) is 30.9 Å². The van der Waals surface area contributed by atoms with Gasteiger partial charge in [-0.25, -0.2) is 0 Å². The van der Waals surface area contributed by atoms with Gasteiger partial charge in [-0.2, -0.15) is 11.8 Å². The third-order valence-corrected chi connectivity index (χ3v) is 5.26. The van der Waals surface area contributed by atoms with Crippen LogP contribution in [0.1, 0.15) is 24.0 Å². The highest BCUT2D eigenvalue weighted by molar-refractivity contribution is 7.99. The van der Waals surface area contributed by atoms with Crippen LogP contribution in [0.25, 0.3) is 0 Å². The summed E-state index contributed by atoms with van der Waals surface area (Å²) in [5.41, 5.74) is 1.75. The first-order valence-electron chi connectivity index (χ1n) is 9.06. The first-order valence-corrected chi connectivity index (χ1v) is 10.3. The smallest absolute Gasteiger partial charge is 0.493 e. The van der Waals surface area contributed by atoms with Crippen molar-refractivity contribution in [2.75, 3.05) is 12.9 Å². The van der Waals surface area contributed by atoms with Gasteiger partial charge in [0.1, 0.15) is 11.5 Å². The Balaban J connectivity index is 1.88. The molecule has 0 bridgehead atoms. The van der Waals surface area contributed by atoms with E-state index >= 15 is 0 Å². The van der Waals surface area contributed by atoms with Crippen molar-refractivity contribution in [3.05, 3.63) is 59.7 Å². The number of rotatable bonds is 10. The largest absolute Gasteiger partial charge is 0.573 e. The topological polar surface area (TPSA) is 64.6 Å². The van der Waals surface area contributed by atoms with Gasteiger partial charge in [0.15, 0.2) is 0 Å². The first kappa shape index (κ1) is 23.6. The molecule has 2 aromatic rings. The molecule has 0 aliphatic carbocycles. The van der Waals surface area contributed by atoms with E-state index in [1.807, 2.05) is 19.1 Å². The Morgan fingerprint density at radius 1 is 1.10 bits per heavy atom. The zero-order valence-corrected chi connectivity index (χ0v) is 17.3. The molecular formula is C21H22F3NO4S. The Morgan fingerprint density at radius 2 is 1.70 bits per heavy atom. The van der Waals surface area contributed by atoms with Crippen molar-refractivity contribution in [1.29, 1.82) is 0 Å². The van der Waals surface area contributed by atoms with Crippen molar-refractivity contribution in [3.63, 3.8) is 0 Å². The molecule has 0 heterocycles. The van der Waals surface area contributed by atoms with E-state index in [9.17, 15) is 22.8 Å². The fraction of sp³-hybridized carbons (Fsp3) is 0.333. The molecule has 0 radical (unpaired) electrons. The normalized spacial score (nSPS) is 13.2. The molecule has 1 N–H and O–H groups in total. The maximum atomic E-state index is 12.2. The molecule has 0 aromatic heterocycles. The number of thioether (sulfide) groups is 1. The van der Waals surface area contributed by atoms with Crippen LogP contribution in [-0.4, -0.2) is 36.8 Å².